The highest BCUT2D eigenvalue weighted by Crippen LogP contribution is 2.42. The molecule has 0 spiro atoms. The number of aryl methyl sites for hydroxylation is 1. The average Bonchev–Trinajstić information content (AvgIpc) is 3.35. The Hall–Kier alpha value is -3.81. The number of aliphatic hydroxyl groups excluding tert-OH is 1. The number of halogens is 3. The molecular weight excluding hydrogens is 411 g/mol. The third kappa shape index (κ3) is 3.61. The highest BCUT2D eigenvalue weighted by Gasteiger charge is 2.45. The Morgan fingerprint density at radius 3 is 2.35 bits per heavy atom. The van der Waals surface area contributed by atoms with Crippen molar-refractivity contribution >= 4 is 17.4 Å². The van der Waals surface area contributed by atoms with Gasteiger partial charge in [0.2, 0.25) is 5.78 Å². The summed E-state index contributed by atoms with van der Waals surface area (Å²) in [6.45, 7) is 1.82. The maximum Gasteiger partial charge on any atom is 0.416 e. The van der Waals surface area contributed by atoms with Gasteiger partial charge >= 0.3 is 6.18 Å². The fraction of sp³-hybridized carbons (Fsp3) is 0.130. The van der Waals surface area contributed by atoms with Crippen LogP contribution in [0.3, 0.4) is 0 Å². The molecule has 0 saturated heterocycles. The molecule has 1 N–H and O–H groups in total. The Balaban J connectivity index is 1.85. The van der Waals surface area contributed by atoms with E-state index in [2.05, 4.69) is 0 Å². The molecule has 1 aliphatic heterocycles. The highest BCUT2D eigenvalue weighted by atomic mass is 19.4. The smallest absolute Gasteiger partial charge is 0.416 e. The SMILES string of the molecule is Cc1cccc(C2C(C(=O)c3ccco3)=C(O)C(=O)N2c2ccc(C(F)(F)F)cc2)c1. The first-order valence-corrected chi connectivity index (χ1v) is 9.27. The number of nitrogens with zero attached hydrogens (tertiary/aromatic N) is 1. The van der Waals surface area contributed by atoms with Crippen LogP contribution in [-0.2, 0) is 11.0 Å². The van der Waals surface area contributed by atoms with E-state index in [4.69, 9.17) is 4.42 Å². The molecule has 0 bridgehead atoms. The molecule has 5 nitrogen and oxygen atoms in total. The second-order valence-corrected chi connectivity index (χ2v) is 7.11. The molecule has 2 heterocycles. The minimum atomic E-state index is -4.54. The van der Waals surface area contributed by atoms with Crippen LogP contribution < -0.4 is 4.90 Å². The van der Waals surface area contributed by atoms with Gasteiger partial charge in [0.1, 0.15) is 0 Å². The Morgan fingerprint density at radius 1 is 1.06 bits per heavy atom. The number of carbonyl (C=O) groups is 2. The number of carbonyl (C=O) groups excluding carboxylic acids is 2. The van der Waals surface area contributed by atoms with Crippen molar-refractivity contribution in [3.8, 4) is 0 Å². The lowest BCUT2D eigenvalue weighted by Crippen LogP contribution is -2.31. The standard InChI is InChI=1S/C23H16F3NO4/c1-13-4-2-5-14(12-13)19-18(20(28)17-6-3-11-31-17)21(29)22(30)27(19)16-9-7-15(8-10-16)23(24,25)26/h2-12,19,29H,1H3. The number of Topliss-reactive ketones (excluding diaryl/α,β-unsaturated/α-hetero) is 1. The second-order valence-electron chi connectivity index (χ2n) is 7.11. The van der Waals surface area contributed by atoms with Crippen molar-refractivity contribution in [2.75, 3.05) is 4.90 Å². The van der Waals surface area contributed by atoms with Crippen LogP contribution in [0.25, 0.3) is 0 Å². The number of amides is 1. The van der Waals surface area contributed by atoms with Crippen molar-refractivity contribution in [3.63, 3.8) is 0 Å². The van der Waals surface area contributed by atoms with Crippen LogP contribution in [0.15, 0.2) is 82.7 Å². The lowest BCUT2D eigenvalue weighted by molar-refractivity contribution is -0.137. The maximum absolute atomic E-state index is 13.1. The molecule has 1 amide bonds. The molecule has 0 radical (unpaired) electrons. The summed E-state index contributed by atoms with van der Waals surface area (Å²) in [4.78, 5) is 27.1. The van der Waals surface area contributed by atoms with Crippen LogP contribution in [0.5, 0.6) is 0 Å². The largest absolute Gasteiger partial charge is 0.503 e. The van der Waals surface area contributed by atoms with Gasteiger partial charge in [-0.2, -0.15) is 13.2 Å². The topological polar surface area (TPSA) is 70.7 Å². The highest BCUT2D eigenvalue weighted by molar-refractivity contribution is 6.20. The zero-order valence-corrected chi connectivity index (χ0v) is 16.2. The van der Waals surface area contributed by atoms with Gasteiger partial charge in [-0.3, -0.25) is 14.5 Å². The third-order valence-electron chi connectivity index (χ3n) is 5.03. The molecule has 1 aliphatic rings. The molecule has 31 heavy (non-hydrogen) atoms. The van der Waals surface area contributed by atoms with Gasteiger partial charge in [-0.15, -0.1) is 0 Å². The molecule has 2 aromatic carbocycles. The Bertz CT molecular complexity index is 1180. The number of hydrogen-bond donors (Lipinski definition) is 1. The van der Waals surface area contributed by atoms with Gasteiger partial charge in [-0.1, -0.05) is 29.8 Å². The van der Waals surface area contributed by atoms with Crippen LogP contribution in [0.2, 0.25) is 0 Å². The molecule has 1 aromatic heterocycles. The van der Waals surface area contributed by atoms with Crippen LogP contribution in [0, 0.1) is 6.92 Å². The van der Waals surface area contributed by atoms with Gasteiger partial charge in [0.25, 0.3) is 5.91 Å². The molecule has 1 unspecified atom stereocenters. The Morgan fingerprint density at radius 2 is 1.77 bits per heavy atom. The van der Waals surface area contributed by atoms with E-state index in [0.717, 1.165) is 34.7 Å². The predicted octanol–water partition coefficient (Wildman–Crippen LogP) is 5.39. The minimum absolute atomic E-state index is 0.0683. The molecular formula is C23H16F3NO4. The Kier molecular flexibility index (Phi) is 4.93. The van der Waals surface area contributed by atoms with Crippen molar-refractivity contribution in [1.29, 1.82) is 0 Å². The first-order chi connectivity index (χ1) is 14.7. The first kappa shape index (κ1) is 20.5. The lowest BCUT2D eigenvalue weighted by Gasteiger charge is -2.27. The van der Waals surface area contributed by atoms with Crippen molar-refractivity contribution in [1.82, 2.24) is 0 Å². The summed E-state index contributed by atoms with van der Waals surface area (Å²) < 4.78 is 44.0. The van der Waals surface area contributed by atoms with Crippen LogP contribution in [0.4, 0.5) is 18.9 Å². The molecule has 3 aromatic rings. The maximum atomic E-state index is 13.1. The molecule has 158 valence electrons. The summed E-state index contributed by atoms with van der Waals surface area (Å²) in [5.41, 5.74) is 0.392. The van der Waals surface area contributed by atoms with Gasteiger partial charge in [0.05, 0.1) is 23.4 Å². The number of ketones is 1. The van der Waals surface area contributed by atoms with Gasteiger partial charge in [-0.05, 0) is 48.9 Å². The number of rotatable bonds is 4. The number of benzene rings is 2. The molecule has 0 saturated carbocycles. The number of aliphatic hydroxyl groups is 1. The van der Waals surface area contributed by atoms with Gasteiger partial charge in [-0.25, -0.2) is 0 Å². The second kappa shape index (κ2) is 7.46. The van der Waals surface area contributed by atoms with Crippen LogP contribution in [-0.4, -0.2) is 16.8 Å². The molecule has 1 atom stereocenters. The third-order valence-corrected chi connectivity index (χ3v) is 5.03. The van der Waals surface area contributed by atoms with Gasteiger partial charge in [0.15, 0.2) is 11.5 Å². The summed E-state index contributed by atoms with van der Waals surface area (Å²) in [6, 6.07) is 12.8. The number of anilines is 1. The van der Waals surface area contributed by atoms with Crippen molar-refractivity contribution < 1.29 is 32.3 Å². The summed E-state index contributed by atoms with van der Waals surface area (Å²) in [5, 5.41) is 10.6. The van der Waals surface area contributed by atoms with Gasteiger partial charge < -0.3 is 9.52 Å². The van der Waals surface area contributed by atoms with Crippen LogP contribution in [0.1, 0.15) is 33.3 Å². The molecule has 0 fully saturated rings. The summed E-state index contributed by atoms with van der Waals surface area (Å²) >= 11 is 0. The van der Waals surface area contributed by atoms with E-state index in [1.165, 1.54) is 18.4 Å². The number of hydrogen-bond acceptors (Lipinski definition) is 4. The van der Waals surface area contributed by atoms with E-state index in [1.54, 1.807) is 18.2 Å². The normalized spacial score (nSPS) is 16.8. The van der Waals surface area contributed by atoms with Crippen LogP contribution >= 0.6 is 0 Å². The zero-order valence-electron chi connectivity index (χ0n) is 16.2. The molecule has 8 heteroatoms. The van der Waals surface area contributed by atoms with E-state index in [-0.39, 0.29) is 17.0 Å². The lowest BCUT2D eigenvalue weighted by atomic mass is 9.94. The predicted molar refractivity (Wildman–Crippen MR) is 106 cm³/mol. The zero-order chi connectivity index (χ0) is 22.3. The van der Waals surface area contributed by atoms with Gasteiger partial charge in [0, 0.05) is 5.69 Å². The fourth-order valence-electron chi connectivity index (χ4n) is 3.61. The first-order valence-electron chi connectivity index (χ1n) is 9.27. The fourth-order valence-corrected chi connectivity index (χ4v) is 3.61. The summed E-state index contributed by atoms with van der Waals surface area (Å²) in [5.74, 6) is -2.41. The van der Waals surface area contributed by atoms with E-state index >= 15 is 0 Å². The summed E-state index contributed by atoms with van der Waals surface area (Å²) in [7, 11) is 0. The molecule has 4 rings (SSSR count). The quantitative estimate of drug-likeness (QED) is 0.567. The van der Waals surface area contributed by atoms with E-state index < -0.39 is 35.2 Å². The van der Waals surface area contributed by atoms with E-state index in [9.17, 15) is 27.9 Å². The van der Waals surface area contributed by atoms with Crippen molar-refractivity contribution in [2.24, 2.45) is 0 Å². The summed E-state index contributed by atoms with van der Waals surface area (Å²) in [6.07, 6.45) is -3.25. The number of alkyl halides is 3. The van der Waals surface area contributed by atoms with Crippen molar-refractivity contribution in [3.05, 3.63) is 101 Å². The van der Waals surface area contributed by atoms with E-state index in [0.29, 0.717) is 5.56 Å². The molecule has 0 aliphatic carbocycles. The Labute approximate surface area is 175 Å². The van der Waals surface area contributed by atoms with Crippen molar-refractivity contribution in [2.45, 2.75) is 19.1 Å². The number of furan rings is 1. The van der Waals surface area contributed by atoms with E-state index in [1.807, 2.05) is 13.0 Å². The minimum Gasteiger partial charge on any atom is -0.503 e. The monoisotopic (exact) mass is 427 g/mol. The average molecular weight is 427 g/mol.